The molecule has 1 unspecified atom stereocenters. The minimum Gasteiger partial charge on any atom is -0.379 e. The summed E-state index contributed by atoms with van der Waals surface area (Å²) in [6, 6.07) is -0.279. The van der Waals surface area contributed by atoms with Gasteiger partial charge in [-0.15, -0.1) is 0 Å². The Morgan fingerprint density at radius 3 is 2.52 bits per heavy atom. The molecule has 0 radical (unpaired) electrons. The molecule has 1 saturated heterocycles. The van der Waals surface area contributed by atoms with Crippen molar-refractivity contribution in [3.63, 3.8) is 0 Å². The van der Waals surface area contributed by atoms with Crippen LogP contribution in [0.15, 0.2) is 0 Å². The number of rotatable bonds is 5. The third-order valence-electron chi connectivity index (χ3n) is 4.94. The van der Waals surface area contributed by atoms with Crippen LogP contribution in [-0.2, 0) is 14.3 Å². The molecule has 0 spiro atoms. The smallest absolute Gasteiger partial charge is 0.243 e. The summed E-state index contributed by atoms with van der Waals surface area (Å²) >= 11 is 0. The van der Waals surface area contributed by atoms with E-state index in [1.165, 1.54) is 19.3 Å². The van der Waals surface area contributed by atoms with Crippen LogP contribution in [0.4, 0.5) is 0 Å². The lowest BCUT2D eigenvalue weighted by atomic mass is 9.82. The molecule has 2 fully saturated rings. The van der Waals surface area contributed by atoms with Crippen LogP contribution >= 0.6 is 0 Å². The highest BCUT2D eigenvalue weighted by molar-refractivity contribution is 5.95. The van der Waals surface area contributed by atoms with Crippen LogP contribution < -0.4 is 5.32 Å². The predicted octanol–water partition coefficient (Wildman–Crippen LogP) is 1.71. The highest BCUT2D eigenvalue weighted by Gasteiger charge is 2.40. The number of methoxy groups -OCH3 is 1. The lowest BCUT2D eigenvalue weighted by Gasteiger charge is -2.41. The summed E-state index contributed by atoms with van der Waals surface area (Å²) in [5, 5.41) is 2.76. The molecule has 1 N–H and O–H groups in total. The molecule has 5 nitrogen and oxygen atoms in total. The molecular weight excluding hydrogens is 268 g/mol. The SMILES string of the molecule is COC(C)(C)CCN1C(=O)CNC(=O)C1C1CCCCC1. The molecule has 0 aromatic carbocycles. The Labute approximate surface area is 127 Å². The van der Waals surface area contributed by atoms with E-state index in [2.05, 4.69) is 5.32 Å². The second-order valence-corrected chi connectivity index (χ2v) is 6.86. The summed E-state index contributed by atoms with van der Waals surface area (Å²) in [6.07, 6.45) is 6.42. The minimum absolute atomic E-state index is 0.0247. The second-order valence-electron chi connectivity index (χ2n) is 6.86. The van der Waals surface area contributed by atoms with E-state index in [-0.39, 0.29) is 30.0 Å². The van der Waals surface area contributed by atoms with Crippen LogP contribution in [0.25, 0.3) is 0 Å². The zero-order chi connectivity index (χ0) is 15.5. The molecule has 2 rings (SSSR count). The van der Waals surface area contributed by atoms with Gasteiger partial charge in [0.2, 0.25) is 11.8 Å². The normalized spacial score (nSPS) is 25.1. The highest BCUT2D eigenvalue weighted by Crippen LogP contribution is 2.31. The molecule has 0 aromatic rings. The van der Waals surface area contributed by atoms with E-state index in [1.54, 1.807) is 12.0 Å². The molecule has 120 valence electrons. The number of carbonyl (C=O) groups excluding carboxylic acids is 2. The summed E-state index contributed by atoms with van der Waals surface area (Å²) in [5.41, 5.74) is -0.273. The topological polar surface area (TPSA) is 58.6 Å². The maximum atomic E-state index is 12.3. The first kappa shape index (κ1) is 16.3. The molecular formula is C16H28N2O3. The molecule has 1 aliphatic carbocycles. The number of piperazine rings is 1. The molecule has 1 aliphatic heterocycles. The van der Waals surface area contributed by atoms with Gasteiger partial charge in [0.05, 0.1) is 12.1 Å². The van der Waals surface area contributed by atoms with Crippen molar-refractivity contribution < 1.29 is 14.3 Å². The third kappa shape index (κ3) is 3.96. The maximum absolute atomic E-state index is 12.3. The van der Waals surface area contributed by atoms with Crippen molar-refractivity contribution in [3.05, 3.63) is 0 Å². The van der Waals surface area contributed by atoms with Gasteiger partial charge in [-0.05, 0) is 39.0 Å². The molecule has 5 heteroatoms. The molecule has 2 aliphatic rings. The molecule has 1 saturated carbocycles. The molecule has 21 heavy (non-hydrogen) atoms. The van der Waals surface area contributed by atoms with Gasteiger partial charge in [0.15, 0.2) is 0 Å². The van der Waals surface area contributed by atoms with Crippen molar-refractivity contribution in [2.24, 2.45) is 5.92 Å². The van der Waals surface area contributed by atoms with E-state index in [9.17, 15) is 9.59 Å². The summed E-state index contributed by atoms with van der Waals surface area (Å²) in [6.45, 7) is 4.75. The van der Waals surface area contributed by atoms with Crippen molar-refractivity contribution in [1.29, 1.82) is 0 Å². The van der Waals surface area contributed by atoms with Crippen LogP contribution in [0.5, 0.6) is 0 Å². The van der Waals surface area contributed by atoms with E-state index in [0.717, 1.165) is 19.3 Å². The van der Waals surface area contributed by atoms with Crippen LogP contribution in [-0.4, -0.2) is 48.6 Å². The van der Waals surface area contributed by atoms with Crippen molar-refractivity contribution in [3.8, 4) is 0 Å². The van der Waals surface area contributed by atoms with E-state index >= 15 is 0 Å². The fourth-order valence-electron chi connectivity index (χ4n) is 3.34. The average molecular weight is 296 g/mol. The third-order valence-corrected chi connectivity index (χ3v) is 4.94. The van der Waals surface area contributed by atoms with E-state index in [0.29, 0.717) is 12.5 Å². The van der Waals surface area contributed by atoms with Gasteiger partial charge in [0.25, 0.3) is 0 Å². The van der Waals surface area contributed by atoms with Crippen LogP contribution in [0.2, 0.25) is 0 Å². The number of hydrogen-bond donors (Lipinski definition) is 1. The van der Waals surface area contributed by atoms with Crippen molar-refractivity contribution in [2.75, 3.05) is 20.2 Å². The van der Waals surface area contributed by atoms with Gasteiger partial charge in [-0.1, -0.05) is 19.3 Å². The fraction of sp³-hybridized carbons (Fsp3) is 0.875. The van der Waals surface area contributed by atoms with Gasteiger partial charge in [-0.2, -0.15) is 0 Å². The van der Waals surface area contributed by atoms with Gasteiger partial charge in [-0.25, -0.2) is 0 Å². The molecule has 0 bridgehead atoms. The number of amides is 2. The number of ether oxygens (including phenoxy) is 1. The number of hydrogen-bond acceptors (Lipinski definition) is 3. The summed E-state index contributed by atoms with van der Waals surface area (Å²) in [7, 11) is 1.68. The summed E-state index contributed by atoms with van der Waals surface area (Å²) in [4.78, 5) is 26.4. The second kappa shape index (κ2) is 6.77. The summed E-state index contributed by atoms with van der Waals surface area (Å²) < 4.78 is 5.43. The maximum Gasteiger partial charge on any atom is 0.243 e. The Morgan fingerprint density at radius 1 is 1.24 bits per heavy atom. The largest absolute Gasteiger partial charge is 0.379 e. The number of nitrogens with one attached hydrogen (secondary N) is 1. The van der Waals surface area contributed by atoms with Gasteiger partial charge in [0, 0.05) is 13.7 Å². The molecule has 0 aromatic heterocycles. The quantitative estimate of drug-likeness (QED) is 0.840. The van der Waals surface area contributed by atoms with E-state index < -0.39 is 0 Å². The minimum atomic E-state index is -0.279. The van der Waals surface area contributed by atoms with Crippen LogP contribution in [0.3, 0.4) is 0 Å². The Bertz CT molecular complexity index is 389. The first-order valence-corrected chi connectivity index (χ1v) is 8.07. The zero-order valence-corrected chi connectivity index (χ0v) is 13.5. The Balaban J connectivity index is 2.08. The molecule has 1 heterocycles. The standard InChI is InChI=1S/C16H28N2O3/c1-16(2,21-3)9-10-18-13(19)11-17-15(20)14(18)12-7-5-4-6-8-12/h12,14H,4-11H2,1-3H3,(H,17,20). The fourth-order valence-corrected chi connectivity index (χ4v) is 3.34. The van der Waals surface area contributed by atoms with Gasteiger partial charge >= 0.3 is 0 Å². The lowest BCUT2D eigenvalue weighted by Crippen LogP contribution is -2.61. The Morgan fingerprint density at radius 2 is 1.90 bits per heavy atom. The highest BCUT2D eigenvalue weighted by atomic mass is 16.5. The lowest BCUT2D eigenvalue weighted by molar-refractivity contribution is -0.149. The van der Waals surface area contributed by atoms with Gasteiger partial charge in [-0.3, -0.25) is 9.59 Å². The van der Waals surface area contributed by atoms with Crippen LogP contribution in [0, 0.1) is 5.92 Å². The Hall–Kier alpha value is -1.10. The van der Waals surface area contributed by atoms with E-state index in [1.807, 2.05) is 13.8 Å². The molecule has 1 atom stereocenters. The number of nitrogens with zero attached hydrogens (tertiary/aromatic N) is 1. The zero-order valence-electron chi connectivity index (χ0n) is 13.5. The average Bonchev–Trinajstić information content (AvgIpc) is 2.49. The summed E-state index contributed by atoms with van der Waals surface area (Å²) in [5.74, 6) is 0.377. The Kier molecular flexibility index (Phi) is 5.25. The van der Waals surface area contributed by atoms with Gasteiger partial charge < -0.3 is 15.0 Å². The van der Waals surface area contributed by atoms with E-state index in [4.69, 9.17) is 4.74 Å². The first-order chi connectivity index (χ1) is 9.94. The van der Waals surface area contributed by atoms with Crippen molar-refractivity contribution >= 4 is 11.8 Å². The number of carbonyl (C=O) groups is 2. The van der Waals surface area contributed by atoms with Gasteiger partial charge in [0.1, 0.15) is 6.04 Å². The van der Waals surface area contributed by atoms with Crippen molar-refractivity contribution in [1.82, 2.24) is 10.2 Å². The monoisotopic (exact) mass is 296 g/mol. The molecule has 2 amide bonds. The van der Waals surface area contributed by atoms with Crippen LogP contribution in [0.1, 0.15) is 52.4 Å². The first-order valence-electron chi connectivity index (χ1n) is 8.07. The predicted molar refractivity (Wildman–Crippen MR) is 80.8 cm³/mol. The van der Waals surface area contributed by atoms with Crippen molar-refractivity contribution in [2.45, 2.75) is 64.0 Å².